The molecular formula is C21H27N3O3. The van der Waals surface area contributed by atoms with Crippen molar-refractivity contribution < 1.29 is 14.0 Å². The summed E-state index contributed by atoms with van der Waals surface area (Å²) in [6, 6.07) is 9.64. The number of nitrogens with zero attached hydrogens (tertiary/aromatic N) is 1. The van der Waals surface area contributed by atoms with Crippen LogP contribution in [0.2, 0.25) is 0 Å². The van der Waals surface area contributed by atoms with E-state index in [-0.39, 0.29) is 23.7 Å². The normalized spacial score (nSPS) is 18.0. The number of furan rings is 1. The first-order valence-corrected chi connectivity index (χ1v) is 9.50. The Morgan fingerprint density at radius 1 is 1.15 bits per heavy atom. The monoisotopic (exact) mass is 369 g/mol. The van der Waals surface area contributed by atoms with Crippen molar-refractivity contribution in [3.05, 3.63) is 47.9 Å². The molecule has 6 heteroatoms. The topological polar surface area (TPSA) is 74.6 Å². The molecular weight excluding hydrogens is 342 g/mol. The van der Waals surface area contributed by atoms with E-state index in [4.69, 9.17) is 4.42 Å². The number of hydrogen-bond acceptors (Lipinski definition) is 4. The van der Waals surface area contributed by atoms with Crippen molar-refractivity contribution in [2.24, 2.45) is 11.8 Å². The molecule has 27 heavy (non-hydrogen) atoms. The van der Waals surface area contributed by atoms with E-state index < -0.39 is 0 Å². The van der Waals surface area contributed by atoms with Crippen molar-refractivity contribution in [1.29, 1.82) is 0 Å². The average molecular weight is 369 g/mol. The molecule has 1 aromatic heterocycles. The molecule has 1 aliphatic carbocycles. The molecule has 6 nitrogen and oxygen atoms in total. The molecule has 0 aliphatic heterocycles. The third kappa shape index (κ3) is 4.51. The van der Waals surface area contributed by atoms with Crippen LogP contribution in [0, 0.1) is 18.8 Å². The molecule has 0 spiro atoms. The SMILES string of the molecule is CCN(CC)c1ccc(NC(=O)C2CC2C(=O)NCc2ccco2)c(C)c1. The largest absolute Gasteiger partial charge is 0.467 e. The Morgan fingerprint density at radius 2 is 1.89 bits per heavy atom. The number of rotatable bonds is 8. The van der Waals surface area contributed by atoms with Gasteiger partial charge in [-0.3, -0.25) is 9.59 Å². The Bertz CT molecular complexity index is 797. The predicted molar refractivity (Wildman–Crippen MR) is 106 cm³/mol. The summed E-state index contributed by atoms with van der Waals surface area (Å²) >= 11 is 0. The van der Waals surface area contributed by atoms with E-state index in [0.717, 1.165) is 30.0 Å². The van der Waals surface area contributed by atoms with Gasteiger partial charge < -0.3 is 20.0 Å². The number of benzene rings is 1. The fourth-order valence-electron chi connectivity index (χ4n) is 3.29. The van der Waals surface area contributed by atoms with Crippen LogP contribution in [-0.4, -0.2) is 24.9 Å². The molecule has 144 valence electrons. The number of nitrogens with one attached hydrogen (secondary N) is 2. The zero-order chi connectivity index (χ0) is 19.4. The van der Waals surface area contributed by atoms with Gasteiger partial charge in [-0.15, -0.1) is 0 Å². The number of carbonyl (C=O) groups excluding carboxylic acids is 2. The van der Waals surface area contributed by atoms with Gasteiger partial charge >= 0.3 is 0 Å². The van der Waals surface area contributed by atoms with Crippen molar-refractivity contribution in [2.45, 2.75) is 33.7 Å². The van der Waals surface area contributed by atoms with Gasteiger partial charge in [0.2, 0.25) is 11.8 Å². The van der Waals surface area contributed by atoms with Crippen LogP contribution in [0.3, 0.4) is 0 Å². The lowest BCUT2D eigenvalue weighted by atomic mass is 10.1. The lowest BCUT2D eigenvalue weighted by molar-refractivity contribution is -0.125. The van der Waals surface area contributed by atoms with Crippen LogP contribution < -0.4 is 15.5 Å². The van der Waals surface area contributed by atoms with Gasteiger partial charge in [-0.1, -0.05) is 0 Å². The Balaban J connectivity index is 1.53. The first kappa shape index (κ1) is 19.0. The summed E-state index contributed by atoms with van der Waals surface area (Å²) < 4.78 is 5.20. The quantitative estimate of drug-likeness (QED) is 0.748. The minimum Gasteiger partial charge on any atom is -0.467 e. The van der Waals surface area contributed by atoms with Crippen LogP contribution in [0.4, 0.5) is 11.4 Å². The third-order valence-corrected chi connectivity index (χ3v) is 5.08. The first-order chi connectivity index (χ1) is 13.0. The van der Waals surface area contributed by atoms with Crippen LogP contribution in [0.1, 0.15) is 31.6 Å². The van der Waals surface area contributed by atoms with Gasteiger partial charge in [0, 0.05) is 24.5 Å². The molecule has 2 atom stereocenters. The molecule has 0 radical (unpaired) electrons. The Morgan fingerprint density at radius 3 is 2.52 bits per heavy atom. The number of anilines is 2. The fourth-order valence-corrected chi connectivity index (χ4v) is 3.29. The van der Waals surface area contributed by atoms with E-state index in [9.17, 15) is 9.59 Å². The molecule has 1 aliphatic rings. The van der Waals surface area contributed by atoms with E-state index in [1.807, 2.05) is 25.1 Å². The molecule has 2 amide bonds. The van der Waals surface area contributed by atoms with Crippen LogP contribution in [0.5, 0.6) is 0 Å². The van der Waals surface area contributed by atoms with Crippen molar-refractivity contribution in [1.82, 2.24) is 5.32 Å². The third-order valence-electron chi connectivity index (χ3n) is 5.08. The molecule has 3 rings (SSSR count). The van der Waals surface area contributed by atoms with Gasteiger partial charge in [0.15, 0.2) is 0 Å². The maximum atomic E-state index is 12.5. The molecule has 0 saturated heterocycles. The number of hydrogen-bond donors (Lipinski definition) is 2. The van der Waals surface area contributed by atoms with Crippen LogP contribution >= 0.6 is 0 Å². The summed E-state index contributed by atoms with van der Waals surface area (Å²) in [6.45, 7) is 8.47. The van der Waals surface area contributed by atoms with Gasteiger partial charge in [-0.25, -0.2) is 0 Å². The summed E-state index contributed by atoms with van der Waals surface area (Å²) in [5, 5.41) is 5.79. The second-order valence-electron chi connectivity index (χ2n) is 6.91. The Hall–Kier alpha value is -2.76. The Labute approximate surface area is 159 Å². The van der Waals surface area contributed by atoms with Crippen molar-refractivity contribution in [2.75, 3.05) is 23.3 Å². The van der Waals surface area contributed by atoms with Crippen molar-refractivity contribution in [3.8, 4) is 0 Å². The molecule has 1 saturated carbocycles. The van der Waals surface area contributed by atoms with E-state index in [1.54, 1.807) is 12.3 Å². The molecule has 2 N–H and O–H groups in total. The predicted octanol–water partition coefficient (Wildman–Crippen LogP) is 3.33. The summed E-state index contributed by atoms with van der Waals surface area (Å²) in [4.78, 5) is 26.9. The van der Waals surface area contributed by atoms with E-state index in [1.165, 1.54) is 0 Å². The van der Waals surface area contributed by atoms with Gasteiger partial charge in [-0.2, -0.15) is 0 Å². The van der Waals surface area contributed by atoms with Gasteiger partial charge in [0.25, 0.3) is 0 Å². The summed E-state index contributed by atoms with van der Waals surface area (Å²) in [5.41, 5.74) is 2.97. The van der Waals surface area contributed by atoms with Crippen molar-refractivity contribution >= 4 is 23.2 Å². The highest BCUT2D eigenvalue weighted by Gasteiger charge is 2.48. The van der Waals surface area contributed by atoms with Crippen LogP contribution in [0.25, 0.3) is 0 Å². The molecule has 0 bridgehead atoms. The highest BCUT2D eigenvalue weighted by atomic mass is 16.3. The van der Waals surface area contributed by atoms with E-state index in [2.05, 4.69) is 35.4 Å². The lowest BCUT2D eigenvalue weighted by Crippen LogP contribution is -2.27. The highest BCUT2D eigenvalue weighted by Crippen LogP contribution is 2.40. The summed E-state index contributed by atoms with van der Waals surface area (Å²) in [6.07, 6.45) is 2.16. The number of amides is 2. The first-order valence-electron chi connectivity index (χ1n) is 9.50. The van der Waals surface area contributed by atoms with Crippen LogP contribution in [0.15, 0.2) is 41.0 Å². The van der Waals surface area contributed by atoms with Crippen molar-refractivity contribution in [3.63, 3.8) is 0 Å². The van der Waals surface area contributed by atoms with Gasteiger partial charge in [0.1, 0.15) is 5.76 Å². The number of carbonyl (C=O) groups is 2. The Kier molecular flexibility index (Phi) is 5.84. The maximum Gasteiger partial charge on any atom is 0.228 e. The lowest BCUT2D eigenvalue weighted by Gasteiger charge is -2.22. The summed E-state index contributed by atoms with van der Waals surface area (Å²) in [5.74, 6) is -0.000384. The standard InChI is InChI=1S/C21H27N3O3/c1-4-24(5-2)15-8-9-19(14(3)11-15)23-21(26)18-12-17(18)20(25)22-13-16-7-6-10-27-16/h6-11,17-18H,4-5,12-13H2,1-3H3,(H,22,25)(H,23,26). The minimum absolute atomic E-state index is 0.0909. The average Bonchev–Trinajstić information content (AvgIpc) is 3.30. The molecule has 2 unspecified atom stereocenters. The molecule has 1 fully saturated rings. The maximum absolute atomic E-state index is 12.5. The van der Waals surface area contributed by atoms with Gasteiger partial charge in [0.05, 0.1) is 24.6 Å². The second kappa shape index (κ2) is 8.29. The molecule has 1 heterocycles. The fraction of sp³-hybridized carbons (Fsp3) is 0.429. The molecule has 1 aromatic carbocycles. The van der Waals surface area contributed by atoms with Crippen LogP contribution in [-0.2, 0) is 16.1 Å². The minimum atomic E-state index is -0.261. The highest BCUT2D eigenvalue weighted by molar-refractivity contribution is 6.00. The second-order valence-corrected chi connectivity index (χ2v) is 6.91. The zero-order valence-electron chi connectivity index (χ0n) is 16.1. The summed E-state index contributed by atoms with van der Waals surface area (Å²) in [7, 11) is 0. The smallest absolute Gasteiger partial charge is 0.228 e. The molecule has 2 aromatic rings. The van der Waals surface area contributed by atoms with E-state index >= 15 is 0 Å². The number of aryl methyl sites for hydroxylation is 1. The van der Waals surface area contributed by atoms with Gasteiger partial charge in [-0.05, 0) is 63.1 Å². The van der Waals surface area contributed by atoms with E-state index in [0.29, 0.717) is 18.7 Å². The zero-order valence-corrected chi connectivity index (χ0v) is 16.1.